The van der Waals surface area contributed by atoms with Crippen LogP contribution < -0.4 is 5.73 Å². The molecule has 1 fully saturated rings. The Morgan fingerprint density at radius 2 is 2.12 bits per heavy atom. The summed E-state index contributed by atoms with van der Waals surface area (Å²) >= 11 is 0. The molecule has 0 aliphatic carbocycles. The van der Waals surface area contributed by atoms with Crippen molar-refractivity contribution < 1.29 is 14.3 Å². The van der Waals surface area contributed by atoms with E-state index in [-0.39, 0.29) is 6.09 Å². The number of amides is 1. The zero-order valence-electron chi connectivity index (χ0n) is 11.3. The number of rotatable bonds is 2. The van der Waals surface area contributed by atoms with Crippen LogP contribution in [0.1, 0.15) is 33.6 Å². The van der Waals surface area contributed by atoms with Gasteiger partial charge in [0.25, 0.3) is 0 Å². The molecule has 1 heterocycles. The van der Waals surface area contributed by atoms with Gasteiger partial charge in [0, 0.05) is 20.2 Å². The number of nitrogens with zero attached hydrogens (tertiary/aromatic N) is 1. The molecule has 1 aliphatic heterocycles. The summed E-state index contributed by atoms with van der Waals surface area (Å²) in [6.07, 6.45) is 1.47. The number of hydrogen-bond acceptors (Lipinski definition) is 4. The first-order valence-corrected chi connectivity index (χ1v) is 6.01. The van der Waals surface area contributed by atoms with Gasteiger partial charge in [-0.05, 0) is 33.6 Å². The van der Waals surface area contributed by atoms with Gasteiger partial charge < -0.3 is 20.1 Å². The van der Waals surface area contributed by atoms with E-state index < -0.39 is 11.1 Å². The molecule has 0 radical (unpaired) electrons. The number of hydrogen-bond donors (Lipinski definition) is 1. The van der Waals surface area contributed by atoms with Crippen molar-refractivity contribution in [3.05, 3.63) is 0 Å². The summed E-state index contributed by atoms with van der Waals surface area (Å²) in [5.41, 5.74) is 5.28. The van der Waals surface area contributed by atoms with Crippen LogP contribution in [-0.4, -0.2) is 48.9 Å². The van der Waals surface area contributed by atoms with E-state index in [0.29, 0.717) is 19.7 Å². The quantitative estimate of drug-likeness (QED) is 0.796. The van der Waals surface area contributed by atoms with Gasteiger partial charge >= 0.3 is 6.09 Å². The van der Waals surface area contributed by atoms with E-state index in [4.69, 9.17) is 15.2 Å². The molecule has 1 atom stereocenters. The lowest BCUT2D eigenvalue weighted by molar-refractivity contribution is 0.00589. The Kier molecular flexibility index (Phi) is 4.38. The van der Waals surface area contributed by atoms with Crippen molar-refractivity contribution in [2.45, 2.75) is 44.8 Å². The van der Waals surface area contributed by atoms with Crippen molar-refractivity contribution in [1.82, 2.24) is 4.90 Å². The van der Waals surface area contributed by atoms with Crippen LogP contribution in [0.3, 0.4) is 0 Å². The van der Waals surface area contributed by atoms with E-state index in [1.807, 2.05) is 20.8 Å². The molecule has 1 amide bonds. The van der Waals surface area contributed by atoms with Gasteiger partial charge in [-0.15, -0.1) is 0 Å². The highest BCUT2D eigenvalue weighted by molar-refractivity contribution is 5.68. The average Bonchev–Trinajstić information content (AvgIpc) is 2.14. The summed E-state index contributed by atoms with van der Waals surface area (Å²) in [5, 5.41) is 0. The Morgan fingerprint density at radius 3 is 2.65 bits per heavy atom. The molecular weight excluding hydrogens is 220 g/mol. The van der Waals surface area contributed by atoms with Crippen LogP contribution in [0.4, 0.5) is 4.79 Å². The number of methoxy groups -OCH3 is 1. The molecule has 0 aromatic rings. The highest BCUT2D eigenvalue weighted by Crippen LogP contribution is 2.21. The van der Waals surface area contributed by atoms with Gasteiger partial charge in [0.05, 0.1) is 12.1 Å². The van der Waals surface area contributed by atoms with Crippen LogP contribution in [0, 0.1) is 0 Å². The number of carbonyl (C=O) groups excluding carboxylic acids is 1. The van der Waals surface area contributed by atoms with Gasteiger partial charge in [-0.25, -0.2) is 4.79 Å². The van der Waals surface area contributed by atoms with E-state index in [2.05, 4.69) is 0 Å². The lowest BCUT2D eigenvalue weighted by Crippen LogP contribution is -2.58. The fourth-order valence-electron chi connectivity index (χ4n) is 2.05. The third-order valence-corrected chi connectivity index (χ3v) is 2.69. The highest BCUT2D eigenvalue weighted by Gasteiger charge is 2.35. The monoisotopic (exact) mass is 244 g/mol. The van der Waals surface area contributed by atoms with E-state index >= 15 is 0 Å². The molecule has 100 valence electrons. The second-order valence-electron chi connectivity index (χ2n) is 5.80. The topological polar surface area (TPSA) is 64.8 Å². The number of piperidine rings is 1. The third-order valence-electron chi connectivity index (χ3n) is 2.69. The lowest BCUT2D eigenvalue weighted by Gasteiger charge is -2.40. The third kappa shape index (κ3) is 4.52. The fourth-order valence-corrected chi connectivity index (χ4v) is 2.05. The van der Waals surface area contributed by atoms with Gasteiger partial charge in [0.2, 0.25) is 0 Å². The van der Waals surface area contributed by atoms with Crippen molar-refractivity contribution >= 4 is 6.09 Å². The molecule has 1 aliphatic rings. The smallest absolute Gasteiger partial charge is 0.410 e. The first kappa shape index (κ1) is 14.3. The first-order chi connectivity index (χ1) is 7.76. The second-order valence-corrected chi connectivity index (χ2v) is 5.80. The highest BCUT2D eigenvalue weighted by atomic mass is 16.6. The van der Waals surface area contributed by atoms with Crippen LogP contribution in [0.15, 0.2) is 0 Å². The van der Waals surface area contributed by atoms with Crippen molar-refractivity contribution in [3.63, 3.8) is 0 Å². The molecule has 0 aromatic carbocycles. The Bertz CT molecular complexity index is 271. The summed E-state index contributed by atoms with van der Waals surface area (Å²) in [7, 11) is 1.63. The molecule has 0 bridgehead atoms. The standard InChI is InChI=1S/C12H24N2O3/c1-11(2,3)17-10(15)14-7-5-6-12(13,8-14)9-16-4/h5-9,13H2,1-4H3. The molecule has 1 unspecified atom stereocenters. The molecule has 0 spiro atoms. The number of ether oxygens (including phenoxy) is 2. The fraction of sp³-hybridized carbons (Fsp3) is 0.917. The summed E-state index contributed by atoms with van der Waals surface area (Å²) in [6.45, 7) is 7.25. The molecule has 2 N–H and O–H groups in total. The predicted molar refractivity (Wildman–Crippen MR) is 65.8 cm³/mol. The zero-order valence-corrected chi connectivity index (χ0v) is 11.3. The van der Waals surface area contributed by atoms with Crippen LogP contribution in [0.25, 0.3) is 0 Å². The van der Waals surface area contributed by atoms with Crippen molar-refractivity contribution in [2.75, 3.05) is 26.8 Å². The number of likely N-dealkylation sites (tertiary alicyclic amines) is 1. The minimum atomic E-state index is -0.465. The second kappa shape index (κ2) is 5.23. The van der Waals surface area contributed by atoms with E-state index in [1.165, 1.54) is 0 Å². The maximum Gasteiger partial charge on any atom is 0.410 e. The lowest BCUT2D eigenvalue weighted by atomic mass is 9.91. The molecule has 17 heavy (non-hydrogen) atoms. The van der Waals surface area contributed by atoms with Crippen LogP contribution >= 0.6 is 0 Å². The summed E-state index contributed by atoms with van der Waals surface area (Å²) < 4.78 is 10.4. The van der Waals surface area contributed by atoms with Crippen LogP contribution in [0.2, 0.25) is 0 Å². The minimum absolute atomic E-state index is 0.289. The molecule has 1 rings (SSSR count). The van der Waals surface area contributed by atoms with Crippen LogP contribution in [0.5, 0.6) is 0 Å². The van der Waals surface area contributed by atoms with Gasteiger partial charge in [-0.2, -0.15) is 0 Å². The maximum absolute atomic E-state index is 11.9. The molecule has 1 saturated heterocycles. The average molecular weight is 244 g/mol. The zero-order chi connectivity index (χ0) is 13.1. The molecule has 5 heteroatoms. The van der Waals surface area contributed by atoms with Gasteiger partial charge in [-0.3, -0.25) is 0 Å². The molecular formula is C12H24N2O3. The first-order valence-electron chi connectivity index (χ1n) is 6.01. The number of nitrogens with two attached hydrogens (primary N) is 1. The Labute approximate surface area is 103 Å². The minimum Gasteiger partial charge on any atom is -0.444 e. The largest absolute Gasteiger partial charge is 0.444 e. The Hall–Kier alpha value is -0.810. The van der Waals surface area contributed by atoms with Crippen molar-refractivity contribution in [3.8, 4) is 0 Å². The van der Waals surface area contributed by atoms with E-state index in [1.54, 1.807) is 12.0 Å². The normalized spacial score (nSPS) is 25.8. The Morgan fingerprint density at radius 1 is 1.47 bits per heavy atom. The van der Waals surface area contributed by atoms with E-state index in [9.17, 15) is 4.79 Å². The van der Waals surface area contributed by atoms with Gasteiger partial charge in [0.15, 0.2) is 0 Å². The maximum atomic E-state index is 11.9. The molecule has 0 aromatic heterocycles. The summed E-state index contributed by atoms with van der Waals surface area (Å²) in [4.78, 5) is 13.6. The van der Waals surface area contributed by atoms with E-state index in [0.717, 1.165) is 12.8 Å². The summed E-state index contributed by atoms with van der Waals surface area (Å²) in [6, 6.07) is 0. The number of carbonyl (C=O) groups is 1. The van der Waals surface area contributed by atoms with Crippen molar-refractivity contribution in [1.29, 1.82) is 0 Å². The van der Waals surface area contributed by atoms with Gasteiger partial charge in [0.1, 0.15) is 5.60 Å². The Balaban J connectivity index is 2.57. The SMILES string of the molecule is COCC1(N)CCCN(C(=O)OC(C)(C)C)C1. The van der Waals surface area contributed by atoms with Gasteiger partial charge in [-0.1, -0.05) is 0 Å². The predicted octanol–water partition coefficient (Wildman–Crippen LogP) is 1.36. The molecule has 5 nitrogen and oxygen atoms in total. The summed E-state index contributed by atoms with van der Waals surface area (Å²) in [5.74, 6) is 0. The van der Waals surface area contributed by atoms with Crippen LogP contribution in [-0.2, 0) is 9.47 Å². The molecule has 0 saturated carbocycles. The van der Waals surface area contributed by atoms with Crippen molar-refractivity contribution in [2.24, 2.45) is 5.73 Å².